The first-order valence-corrected chi connectivity index (χ1v) is 10.3. The van der Waals surface area contributed by atoms with Gasteiger partial charge in [0, 0.05) is 12.3 Å². The molecule has 0 unspecified atom stereocenters. The average Bonchev–Trinajstić information content (AvgIpc) is 2.72. The van der Waals surface area contributed by atoms with Gasteiger partial charge in [-0.2, -0.15) is 0 Å². The molecule has 2 bridgehead atoms. The number of ether oxygens (including phenoxy) is 1. The molecule has 4 fully saturated rings. The molecule has 0 radical (unpaired) electrons. The van der Waals surface area contributed by atoms with Gasteiger partial charge < -0.3 is 20.1 Å². The summed E-state index contributed by atoms with van der Waals surface area (Å²) in [6, 6.07) is 0. The summed E-state index contributed by atoms with van der Waals surface area (Å²) in [6.07, 6.45) is -1.37. The second-order valence-corrected chi connectivity index (χ2v) is 10.4. The Morgan fingerprint density at radius 1 is 1.11 bits per heavy atom. The lowest BCUT2D eigenvalue weighted by Gasteiger charge is -2.66. The Morgan fingerprint density at radius 3 is 2.36 bits per heavy atom. The Morgan fingerprint density at radius 2 is 1.75 bits per heavy atom. The van der Waals surface area contributed by atoms with Crippen molar-refractivity contribution in [2.75, 3.05) is 0 Å². The number of rotatable bonds is 1. The van der Waals surface area contributed by atoms with E-state index in [2.05, 4.69) is 20.4 Å². The fourth-order valence-corrected chi connectivity index (χ4v) is 7.64. The normalized spacial score (nSPS) is 52.0. The van der Waals surface area contributed by atoms with Crippen LogP contribution in [0.5, 0.6) is 0 Å². The summed E-state index contributed by atoms with van der Waals surface area (Å²) in [5, 5.41) is 33.7. The number of carbonyl (C=O) groups excluding carboxylic acids is 2. The van der Waals surface area contributed by atoms with Crippen molar-refractivity contribution >= 4 is 11.8 Å². The maximum atomic E-state index is 13.4. The van der Waals surface area contributed by atoms with Gasteiger partial charge in [-0.25, -0.2) is 0 Å². The van der Waals surface area contributed by atoms with E-state index >= 15 is 0 Å². The summed E-state index contributed by atoms with van der Waals surface area (Å²) in [4.78, 5) is 25.2. The number of carbonyl (C=O) groups is 2. The molecule has 0 aromatic heterocycles. The molecule has 6 heteroatoms. The molecule has 0 saturated heterocycles. The molecule has 6 nitrogen and oxygen atoms in total. The molecular formula is C22H32O6. The van der Waals surface area contributed by atoms with E-state index in [1.54, 1.807) is 0 Å². The summed E-state index contributed by atoms with van der Waals surface area (Å²) in [5.41, 5.74) is -1.94. The van der Waals surface area contributed by atoms with Crippen molar-refractivity contribution in [2.45, 2.75) is 77.8 Å². The number of aliphatic hydroxyl groups excluding tert-OH is 3. The molecule has 1 spiro atoms. The molecule has 0 amide bonds. The SMILES string of the molecule is C=C1C(=O)[C@]23[C@H](O)C[C@@H]4C(C)(C)CC[C@H](O)[C@@]4(C)[C@@H]2C[C@H](OC(C)=O)[C@H]1[C@@H]3O. The number of esters is 1. The highest BCUT2D eigenvalue weighted by Crippen LogP contribution is 2.71. The van der Waals surface area contributed by atoms with E-state index in [-0.39, 0.29) is 22.7 Å². The molecule has 156 valence electrons. The van der Waals surface area contributed by atoms with Crippen molar-refractivity contribution in [3.8, 4) is 0 Å². The highest BCUT2D eigenvalue weighted by Gasteiger charge is 2.77. The van der Waals surface area contributed by atoms with Gasteiger partial charge >= 0.3 is 5.97 Å². The van der Waals surface area contributed by atoms with Crippen molar-refractivity contribution in [1.29, 1.82) is 0 Å². The molecule has 0 aromatic rings. The zero-order valence-electron chi connectivity index (χ0n) is 17.1. The van der Waals surface area contributed by atoms with Gasteiger partial charge in [0.2, 0.25) is 0 Å². The van der Waals surface area contributed by atoms with E-state index in [9.17, 15) is 24.9 Å². The zero-order valence-corrected chi connectivity index (χ0v) is 17.1. The van der Waals surface area contributed by atoms with Crippen LogP contribution >= 0.6 is 0 Å². The Kier molecular flexibility index (Phi) is 4.22. The summed E-state index contributed by atoms with van der Waals surface area (Å²) < 4.78 is 5.53. The highest BCUT2D eigenvalue weighted by molar-refractivity contribution is 6.04. The lowest BCUT2D eigenvalue weighted by molar-refractivity contribution is -0.263. The first-order valence-electron chi connectivity index (χ1n) is 10.3. The van der Waals surface area contributed by atoms with E-state index < -0.39 is 53.1 Å². The second kappa shape index (κ2) is 5.89. The van der Waals surface area contributed by atoms with Gasteiger partial charge in [-0.1, -0.05) is 27.4 Å². The lowest BCUT2D eigenvalue weighted by Crippen LogP contribution is -2.71. The van der Waals surface area contributed by atoms with E-state index in [1.807, 2.05) is 6.92 Å². The van der Waals surface area contributed by atoms with Crippen LogP contribution in [0.3, 0.4) is 0 Å². The topological polar surface area (TPSA) is 104 Å². The van der Waals surface area contributed by atoms with Crippen LogP contribution in [0.1, 0.15) is 53.4 Å². The Hall–Kier alpha value is -1.24. The van der Waals surface area contributed by atoms with Crippen molar-refractivity contribution in [3.05, 3.63) is 12.2 Å². The molecule has 0 aliphatic heterocycles. The number of hydrogen-bond donors (Lipinski definition) is 3. The summed E-state index contributed by atoms with van der Waals surface area (Å²) >= 11 is 0. The minimum atomic E-state index is -1.38. The second-order valence-electron chi connectivity index (χ2n) is 10.4. The van der Waals surface area contributed by atoms with Crippen molar-refractivity contribution in [1.82, 2.24) is 0 Å². The molecule has 0 heterocycles. The number of ketones is 1. The quantitative estimate of drug-likeness (QED) is 0.463. The third-order valence-corrected chi connectivity index (χ3v) is 8.91. The van der Waals surface area contributed by atoms with E-state index in [0.29, 0.717) is 19.3 Å². The van der Waals surface area contributed by atoms with Gasteiger partial charge in [-0.3, -0.25) is 9.59 Å². The predicted molar refractivity (Wildman–Crippen MR) is 101 cm³/mol. The molecule has 28 heavy (non-hydrogen) atoms. The molecule has 4 rings (SSSR count). The minimum Gasteiger partial charge on any atom is -0.462 e. The van der Waals surface area contributed by atoms with Gasteiger partial charge in [0.1, 0.15) is 6.10 Å². The number of aliphatic hydroxyl groups is 3. The standard InChI is InChI=1S/C22H32O6/c1-10-17-12(28-11(2)23)8-14-21(5)13(20(3,4)7-6-15(21)24)9-16(25)22(14,18(10)26)19(17)27/h12-17,19,24-25,27H,1,6-9H2,2-5H3/t12-,13+,14-,15-,16+,17-,19-,21+,22+/m0/s1. The van der Waals surface area contributed by atoms with Crippen molar-refractivity contribution < 1.29 is 29.6 Å². The summed E-state index contributed by atoms with van der Waals surface area (Å²) in [7, 11) is 0. The van der Waals surface area contributed by atoms with E-state index in [0.717, 1.165) is 6.42 Å². The lowest BCUT2D eigenvalue weighted by atomic mass is 9.39. The smallest absolute Gasteiger partial charge is 0.302 e. The Bertz CT molecular complexity index is 743. The van der Waals surface area contributed by atoms with Gasteiger partial charge in [0.25, 0.3) is 0 Å². The van der Waals surface area contributed by atoms with Crippen molar-refractivity contribution in [2.24, 2.45) is 34.0 Å². The molecule has 9 atom stereocenters. The largest absolute Gasteiger partial charge is 0.462 e. The van der Waals surface area contributed by atoms with Crippen molar-refractivity contribution in [3.63, 3.8) is 0 Å². The minimum absolute atomic E-state index is 0.0160. The predicted octanol–water partition coefficient (Wildman–Crippen LogP) is 1.61. The van der Waals surface area contributed by atoms with E-state index in [1.165, 1.54) is 6.92 Å². The third kappa shape index (κ3) is 2.14. The molecule has 0 aromatic carbocycles. The Balaban J connectivity index is 1.91. The first-order chi connectivity index (χ1) is 12.9. The summed E-state index contributed by atoms with van der Waals surface area (Å²) in [6.45, 7) is 11.5. The molecule has 3 N–H and O–H groups in total. The van der Waals surface area contributed by atoms with Gasteiger partial charge in [-0.05, 0) is 48.5 Å². The van der Waals surface area contributed by atoms with Gasteiger partial charge in [0.05, 0.1) is 29.6 Å². The van der Waals surface area contributed by atoms with Crippen LogP contribution in [0.2, 0.25) is 0 Å². The zero-order chi connectivity index (χ0) is 20.8. The molecule has 4 aliphatic rings. The molecular weight excluding hydrogens is 360 g/mol. The average molecular weight is 392 g/mol. The van der Waals surface area contributed by atoms with Gasteiger partial charge in [-0.15, -0.1) is 0 Å². The third-order valence-electron chi connectivity index (χ3n) is 8.91. The Labute approximate surface area is 166 Å². The van der Waals surface area contributed by atoms with Crippen LogP contribution in [0.4, 0.5) is 0 Å². The van der Waals surface area contributed by atoms with Crippen LogP contribution in [0, 0.1) is 34.0 Å². The number of hydrogen-bond acceptors (Lipinski definition) is 6. The molecule has 4 aliphatic carbocycles. The summed E-state index contributed by atoms with van der Waals surface area (Å²) in [5.74, 6) is -2.01. The van der Waals surface area contributed by atoms with Crippen LogP contribution in [-0.4, -0.2) is 51.5 Å². The van der Waals surface area contributed by atoms with E-state index in [4.69, 9.17) is 4.74 Å². The maximum Gasteiger partial charge on any atom is 0.302 e. The number of fused-ring (bicyclic) bond motifs is 3. The van der Waals surface area contributed by atoms with Crippen LogP contribution in [0.25, 0.3) is 0 Å². The fraction of sp³-hybridized carbons (Fsp3) is 0.818. The number of Topliss-reactive ketones (excluding diaryl/α,β-unsaturated/α-hetero) is 1. The molecule has 4 saturated carbocycles. The van der Waals surface area contributed by atoms with Gasteiger partial charge in [0.15, 0.2) is 5.78 Å². The fourth-order valence-electron chi connectivity index (χ4n) is 7.64. The maximum absolute atomic E-state index is 13.4. The first kappa shape index (κ1) is 20.0. The van der Waals surface area contributed by atoms with Crippen LogP contribution < -0.4 is 0 Å². The monoisotopic (exact) mass is 392 g/mol. The highest BCUT2D eigenvalue weighted by atomic mass is 16.5. The van der Waals surface area contributed by atoms with Crippen LogP contribution in [-0.2, 0) is 14.3 Å². The van der Waals surface area contributed by atoms with Crippen LogP contribution in [0.15, 0.2) is 12.2 Å².